The second kappa shape index (κ2) is 18.7. The maximum Gasteiger partial charge on any atom is 0.255 e. The van der Waals surface area contributed by atoms with E-state index in [1.165, 1.54) is 28.1 Å². The zero-order chi connectivity index (χ0) is 44.3. The highest BCUT2D eigenvalue weighted by molar-refractivity contribution is 6.05. The first-order valence-electron chi connectivity index (χ1n) is 22.7. The molecule has 0 bridgehead atoms. The summed E-state index contributed by atoms with van der Waals surface area (Å²) in [7, 11) is 0. The number of carbonyl (C=O) groups is 2. The number of pyridine rings is 2. The number of piperazine rings is 1. The van der Waals surface area contributed by atoms with E-state index in [9.17, 15) is 9.59 Å². The molecular weight excluding hydrogens is 795 g/mol. The molecule has 0 aliphatic carbocycles. The average molecular weight is 852 g/mol. The quantitative estimate of drug-likeness (QED) is 0.132. The van der Waals surface area contributed by atoms with Crippen molar-refractivity contribution in [3.63, 3.8) is 0 Å². The van der Waals surface area contributed by atoms with E-state index in [-0.39, 0.29) is 23.9 Å². The number of nitrogens with one attached hydrogen (secondary N) is 2. The van der Waals surface area contributed by atoms with Crippen molar-refractivity contribution in [2.24, 2.45) is 0 Å². The van der Waals surface area contributed by atoms with Crippen LogP contribution in [0.25, 0.3) is 33.5 Å². The number of anilines is 1. The standard InChI is InChI=1S/C53H57N9O2/c1-34(2)38-16-20-40(21-17-38)52(63)59-44-13-6-12-42(37(44)5)50-43-32-45(58-51(43)57-33-56-50)39-18-22-41(23-19-39)53(64)61-29-26-60(27-30-61)28-31-62-46(48-35(3)10-8-24-54-48)14-7-15-47(62)49-36(4)11-9-25-55-49/h6,8-13,16-25,32-34,46-47H,7,14-15,26-31H2,1-5H3,(H,59,63)(H,56,57,58)/t46-,47+. The van der Waals surface area contributed by atoms with Crippen molar-refractivity contribution in [1.82, 2.24) is 39.6 Å². The average Bonchev–Trinajstić information content (AvgIpc) is 3.77. The number of aromatic nitrogens is 5. The second-order valence-corrected chi connectivity index (χ2v) is 17.7. The number of H-pyrrole nitrogens is 1. The molecule has 3 aromatic carbocycles. The first-order chi connectivity index (χ1) is 31.1. The van der Waals surface area contributed by atoms with E-state index in [0.29, 0.717) is 35.8 Å². The number of amides is 2. The summed E-state index contributed by atoms with van der Waals surface area (Å²) < 4.78 is 0. The molecule has 0 unspecified atom stereocenters. The van der Waals surface area contributed by atoms with Crippen LogP contribution in [0.3, 0.4) is 0 Å². The van der Waals surface area contributed by atoms with Gasteiger partial charge in [0.15, 0.2) is 0 Å². The Bertz CT molecular complexity index is 2720. The highest BCUT2D eigenvalue weighted by atomic mass is 16.2. The van der Waals surface area contributed by atoms with E-state index < -0.39 is 0 Å². The van der Waals surface area contributed by atoms with Crippen LogP contribution in [0.15, 0.2) is 116 Å². The molecule has 4 aromatic heterocycles. The molecule has 6 heterocycles. The number of aromatic amines is 1. The molecular formula is C53H57N9O2. The smallest absolute Gasteiger partial charge is 0.255 e. The fourth-order valence-electron chi connectivity index (χ4n) is 9.60. The number of piperidine rings is 1. The van der Waals surface area contributed by atoms with Gasteiger partial charge in [0, 0.05) is 85.1 Å². The molecule has 64 heavy (non-hydrogen) atoms. The van der Waals surface area contributed by atoms with E-state index in [2.05, 4.69) is 71.0 Å². The Morgan fingerprint density at radius 2 is 1.39 bits per heavy atom. The summed E-state index contributed by atoms with van der Waals surface area (Å²) in [4.78, 5) is 56.8. The van der Waals surface area contributed by atoms with Crippen LogP contribution in [-0.4, -0.2) is 90.7 Å². The molecule has 0 radical (unpaired) electrons. The Labute approximate surface area is 376 Å². The summed E-state index contributed by atoms with van der Waals surface area (Å²) >= 11 is 0. The molecule has 2 saturated heterocycles. The van der Waals surface area contributed by atoms with Gasteiger partial charge >= 0.3 is 0 Å². The lowest BCUT2D eigenvalue weighted by Crippen LogP contribution is -2.51. The van der Waals surface area contributed by atoms with Crippen LogP contribution in [0, 0.1) is 20.8 Å². The van der Waals surface area contributed by atoms with Crippen molar-refractivity contribution < 1.29 is 9.59 Å². The molecule has 2 amide bonds. The first-order valence-corrected chi connectivity index (χ1v) is 22.7. The van der Waals surface area contributed by atoms with Gasteiger partial charge in [0.1, 0.15) is 12.0 Å². The van der Waals surface area contributed by atoms with Gasteiger partial charge in [-0.1, -0.05) is 62.4 Å². The third-order valence-electron chi connectivity index (χ3n) is 13.4. The van der Waals surface area contributed by atoms with Gasteiger partial charge < -0.3 is 15.2 Å². The van der Waals surface area contributed by atoms with Crippen LogP contribution in [0.4, 0.5) is 5.69 Å². The molecule has 2 N–H and O–H groups in total. The van der Waals surface area contributed by atoms with Gasteiger partial charge in [0.25, 0.3) is 11.8 Å². The number of carbonyl (C=O) groups excluding carboxylic acids is 2. The van der Waals surface area contributed by atoms with Gasteiger partial charge in [-0.2, -0.15) is 0 Å². The molecule has 9 rings (SSSR count). The Balaban J connectivity index is 0.846. The van der Waals surface area contributed by atoms with Gasteiger partial charge in [-0.25, -0.2) is 9.97 Å². The first kappa shape index (κ1) is 42.7. The van der Waals surface area contributed by atoms with E-state index in [0.717, 1.165) is 84.6 Å². The molecule has 2 atom stereocenters. The van der Waals surface area contributed by atoms with Crippen molar-refractivity contribution in [2.45, 2.75) is 71.9 Å². The van der Waals surface area contributed by atoms with Crippen LogP contribution in [0.5, 0.6) is 0 Å². The molecule has 7 aromatic rings. The highest BCUT2D eigenvalue weighted by Gasteiger charge is 2.36. The summed E-state index contributed by atoms with van der Waals surface area (Å²) in [5.41, 5.74) is 13.2. The minimum Gasteiger partial charge on any atom is -0.339 e. The van der Waals surface area contributed by atoms with Crippen LogP contribution in [0.1, 0.15) is 105 Å². The van der Waals surface area contributed by atoms with E-state index >= 15 is 0 Å². The Morgan fingerprint density at radius 3 is 2.03 bits per heavy atom. The number of likely N-dealkylation sites (tertiary alicyclic amines) is 1. The van der Waals surface area contributed by atoms with Crippen molar-refractivity contribution in [3.05, 3.63) is 161 Å². The topological polar surface area (TPSA) is 123 Å². The number of hydrogen-bond donors (Lipinski definition) is 2. The zero-order valence-corrected chi connectivity index (χ0v) is 37.5. The number of fused-ring (bicyclic) bond motifs is 1. The van der Waals surface area contributed by atoms with E-state index in [4.69, 9.17) is 15.0 Å². The lowest BCUT2D eigenvalue weighted by molar-refractivity contribution is 0.0466. The monoisotopic (exact) mass is 851 g/mol. The van der Waals surface area contributed by atoms with Crippen LogP contribution in [-0.2, 0) is 0 Å². The van der Waals surface area contributed by atoms with Crippen LogP contribution in [0.2, 0.25) is 0 Å². The normalized spacial score (nSPS) is 17.2. The summed E-state index contributed by atoms with van der Waals surface area (Å²) in [6.07, 6.45) is 8.73. The van der Waals surface area contributed by atoms with Crippen molar-refractivity contribution in [1.29, 1.82) is 0 Å². The van der Waals surface area contributed by atoms with Crippen molar-refractivity contribution in [2.75, 3.05) is 44.6 Å². The predicted molar refractivity (Wildman–Crippen MR) is 254 cm³/mol. The summed E-state index contributed by atoms with van der Waals surface area (Å²) in [6, 6.07) is 32.4. The van der Waals surface area contributed by atoms with E-state index in [1.807, 2.05) is 103 Å². The fourth-order valence-corrected chi connectivity index (χ4v) is 9.60. The number of hydrogen-bond acceptors (Lipinski definition) is 8. The van der Waals surface area contributed by atoms with Gasteiger partial charge in [0.05, 0.1) is 29.2 Å². The molecule has 2 aliphatic heterocycles. The van der Waals surface area contributed by atoms with Crippen LogP contribution >= 0.6 is 0 Å². The number of nitrogens with zero attached hydrogens (tertiary/aromatic N) is 7. The third-order valence-corrected chi connectivity index (χ3v) is 13.4. The highest BCUT2D eigenvalue weighted by Crippen LogP contribution is 2.42. The predicted octanol–water partition coefficient (Wildman–Crippen LogP) is 10.1. The largest absolute Gasteiger partial charge is 0.339 e. The van der Waals surface area contributed by atoms with Gasteiger partial charge in [0.2, 0.25) is 0 Å². The minimum atomic E-state index is -0.157. The van der Waals surface area contributed by atoms with E-state index in [1.54, 1.807) is 6.33 Å². The molecule has 11 nitrogen and oxygen atoms in total. The third kappa shape index (κ3) is 8.83. The van der Waals surface area contributed by atoms with Crippen LogP contribution < -0.4 is 5.32 Å². The maximum atomic E-state index is 13.8. The molecule has 2 aliphatic rings. The molecule has 11 heteroatoms. The van der Waals surface area contributed by atoms with Gasteiger partial charge in [-0.3, -0.25) is 29.4 Å². The Hall–Kier alpha value is -6.56. The lowest BCUT2D eigenvalue weighted by Gasteiger charge is -2.44. The zero-order valence-electron chi connectivity index (χ0n) is 37.5. The SMILES string of the molecule is Cc1cccnc1[C@H]1CCC[C@@H](c2ncccc2C)N1CCN1CCN(C(=O)c2ccc(-c3cc4c(-c5cccc(NC(=O)c6ccc(C(C)C)cc6)c5C)ncnc4[nH]3)cc2)CC1. The fraction of sp³-hybridized carbons (Fsp3) is 0.321. The molecule has 0 saturated carbocycles. The summed E-state index contributed by atoms with van der Waals surface area (Å²) in [5.74, 6) is 0.293. The summed E-state index contributed by atoms with van der Waals surface area (Å²) in [5, 5.41) is 3.98. The summed E-state index contributed by atoms with van der Waals surface area (Å²) in [6.45, 7) is 15.5. The number of rotatable bonds is 11. The number of benzene rings is 3. The lowest BCUT2D eigenvalue weighted by atomic mass is 9.89. The van der Waals surface area contributed by atoms with Gasteiger partial charge in [-0.15, -0.1) is 0 Å². The molecule has 326 valence electrons. The number of aryl methyl sites for hydroxylation is 2. The minimum absolute atomic E-state index is 0.0541. The second-order valence-electron chi connectivity index (χ2n) is 17.7. The van der Waals surface area contributed by atoms with Crippen molar-refractivity contribution >= 4 is 28.5 Å². The van der Waals surface area contributed by atoms with Gasteiger partial charge in [-0.05, 0) is 122 Å². The molecule has 2 fully saturated rings. The Kier molecular flexibility index (Phi) is 12.5. The maximum absolute atomic E-state index is 13.8. The Morgan fingerprint density at radius 1 is 0.734 bits per heavy atom. The van der Waals surface area contributed by atoms with Crippen molar-refractivity contribution in [3.8, 4) is 22.5 Å². The molecule has 0 spiro atoms.